The van der Waals surface area contributed by atoms with E-state index < -0.39 is 0 Å². The van der Waals surface area contributed by atoms with Crippen LogP contribution in [0.25, 0.3) is 0 Å². The molecule has 0 spiro atoms. The molecule has 0 saturated heterocycles. The third kappa shape index (κ3) is 6.56. The van der Waals surface area contributed by atoms with Crippen LogP contribution in [0.2, 0.25) is 0 Å². The van der Waals surface area contributed by atoms with Gasteiger partial charge in [-0.15, -0.1) is 24.8 Å². The van der Waals surface area contributed by atoms with Gasteiger partial charge in [-0.3, -0.25) is 0 Å². The van der Waals surface area contributed by atoms with Crippen LogP contribution in [-0.2, 0) is 6.54 Å². The van der Waals surface area contributed by atoms with Crippen LogP contribution in [-0.4, -0.2) is 32.1 Å². The molecular formula is C17H25Cl2N3. The van der Waals surface area contributed by atoms with Gasteiger partial charge in [0.05, 0.1) is 0 Å². The number of nitrogens with zero attached hydrogens (tertiary/aromatic N) is 2. The third-order valence-corrected chi connectivity index (χ3v) is 3.42. The molecule has 5 heteroatoms. The molecule has 0 radical (unpaired) electrons. The topological polar surface area (TPSA) is 32.5 Å². The van der Waals surface area contributed by atoms with Gasteiger partial charge in [-0.05, 0) is 36.9 Å². The van der Waals surface area contributed by atoms with Gasteiger partial charge in [0, 0.05) is 38.1 Å². The number of halogens is 2. The lowest BCUT2D eigenvalue weighted by Gasteiger charge is -2.23. The Hall–Kier alpha value is -1.42. The molecule has 0 unspecified atom stereocenters. The van der Waals surface area contributed by atoms with Crippen LogP contribution in [0, 0.1) is 0 Å². The van der Waals surface area contributed by atoms with Crippen LogP contribution in [0.1, 0.15) is 5.56 Å². The standard InChI is InChI=1S/C17H23N3.2ClH/c1-19(14-15-7-6-8-16(18)13-15)11-12-20(2)17-9-4-3-5-10-17;;/h3-10,13H,11-12,14,18H2,1-2H3;2*1H. The predicted octanol–water partition coefficient (Wildman–Crippen LogP) is 3.68. The van der Waals surface area contributed by atoms with Gasteiger partial charge in [-0.2, -0.15) is 0 Å². The summed E-state index contributed by atoms with van der Waals surface area (Å²) < 4.78 is 0. The highest BCUT2D eigenvalue weighted by Gasteiger charge is 2.04. The maximum atomic E-state index is 5.81. The van der Waals surface area contributed by atoms with Crippen LogP contribution in [0.3, 0.4) is 0 Å². The molecular weight excluding hydrogens is 317 g/mol. The fourth-order valence-electron chi connectivity index (χ4n) is 2.21. The van der Waals surface area contributed by atoms with Gasteiger partial charge in [0.1, 0.15) is 0 Å². The maximum Gasteiger partial charge on any atom is 0.0364 e. The van der Waals surface area contributed by atoms with Crippen molar-refractivity contribution in [1.29, 1.82) is 0 Å². The van der Waals surface area contributed by atoms with Crippen molar-refractivity contribution in [2.24, 2.45) is 0 Å². The van der Waals surface area contributed by atoms with E-state index in [0.29, 0.717) is 0 Å². The molecule has 122 valence electrons. The fourth-order valence-corrected chi connectivity index (χ4v) is 2.21. The molecule has 0 atom stereocenters. The van der Waals surface area contributed by atoms with Crippen molar-refractivity contribution in [3.8, 4) is 0 Å². The molecule has 0 bridgehead atoms. The smallest absolute Gasteiger partial charge is 0.0364 e. The maximum absolute atomic E-state index is 5.81. The summed E-state index contributed by atoms with van der Waals surface area (Å²) in [6.45, 7) is 2.94. The van der Waals surface area contributed by atoms with Crippen molar-refractivity contribution in [2.45, 2.75) is 6.54 Å². The Labute approximate surface area is 145 Å². The average molecular weight is 342 g/mol. The van der Waals surface area contributed by atoms with E-state index in [1.54, 1.807) is 0 Å². The van der Waals surface area contributed by atoms with E-state index >= 15 is 0 Å². The first-order valence-electron chi connectivity index (χ1n) is 6.94. The molecule has 2 aromatic carbocycles. The van der Waals surface area contributed by atoms with Crippen molar-refractivity contribution in [3.05, 3.63) is 60.2 Å². The number of nitrogens with two attached hydrogens (primary N) is 1. The average Bonchev–Trinajstić information content (AvgIpc) is 2.46. The van der Waals surface area contributed by atoms with Gasteiger partial charge < -0.3 is 15.5 Å². The van der Waals surface area contributed by atoms with Gasteiger partial charge in [-0.1, -0.05) is 30.3 Å². The van der Waals surface area contributed by atoms with Gasteiger partial charge >= 0.3 is 0 Å². The fraction of sp³-hybridized carbons (Fsp3) is 0.294. The number of hydrogen-bond donors (Lipinski definition) is 1. The minimum Gasteiger partial charge on any atom is -0.399 e. The first kappa shape index (κ1) is 20.6. The van der Waals surface area contributed by atoms with Gasteiger partial charge in [-0.25, -0.2) is 0 Å². The number of hydrogen-bond acceptors (Lipinski definition) is 3. The predicted molar refractivity (Wildman–Crippen MR) is 101 cm³/mol. The van der Waals surface area contributed by atoms with Gasteiger partial charge in [0.2, 0.25) is 0 Å². The first-order chi connectivity index (χ1) is 9.65. The minimum atomic E-state index is 0. The lowest BCUT2D eigenvalue weighted by molar-refractivity contribution is 0.334. The van der Waals surface area contributed by atoms with Crippen LogP contribution in [0.15, 0.2) is 54.6 Å². The molecule has 2 rings (SSSR count). The molecule has 0 aromatic heterocycles. The highest BCUT2D eigenvalue weighted by atomic mass is 35.5. The largest absolute Gasteiger partial charge is 0.399 e. The van der Waals surface area contributed by atoms with Gasteiger partial charge in [0.15, 0.2) is 0 Å². The summed E-state index contributed by atoms with van der Waals surface area (Å²) in [4.78, 5) is 4.59. The molecule has 22 heavy (non-hydrogen) atoms. The monoisotopic (exact) mass is 341 g/mol. The van der Waals surface area contributed by atoms with Crippen molar-refractivity contribution in [2.75, 3.05) is 37.8 Å². The molecule has 0 aliphatic heterocycles. The summed E-state index contributed by atoms with van der Waals surface area (Å²) in [5, 5.41) is 0. The van der Waals surface area contributed by atoms with Crippen LogP contribution in [0.4, 0.5) is 11.4 Å². The molecule has 3 nitrogen and oxygen atoms in total. The van der Waals surface area contributed by atoms with Crippen molar-refractivity contribution < 1.29 is 0 Å². The van der Waals surface area contributed by atoms with Crippen molar-refractivity contribution >= 4 is 36.2 Å². The minimum absolute atomic E-state index is 0. The number of benzene rings is 2. The van der Waals surface area contributed by atoms with Crippen LogP contribution in [0.5, 0.6) is 0 Å². The highest BCUT2D eigenvalue weighted by molar-refractivity contribution is 5.85. The van der Waals surface area contributed by atoms with E-state index in [0.717, 1.165) is 25.3 Å². The quantitative estimate of drug-likeness (QED) is 0.813. The molecule has 0 saturated carbocycles. The Morgan fingerprint density at radius 3 is 2.18 bits per heavy atom. The van der Waals surface area contributed by atoms with Gasteiger partial charge in [0.25, 0.3) is 0 Å². The van der Waals surface area contributed by atoms with E-state index in [1.165, 1.54) is 11.3 Å². The zero-order valence-electron chi connectivity index (χ0n) is 13.1. The molecule has 0 fully saturated rings. The Kier molecular flexibility index (Phi) is 9.66. The SMILES string of the molecule is CN(CCN(C)c1ccccc1)Cc1cccc(N)c1.Cl.Cl. The van der Waals surface area contributed by atoms with Crippen LogP contribution < -0.4 is 10.6 Å². The third-order valence-electron chi connectivity index (χ3n) is 3.42. The van der Waals surface area contributed by atoms with E-state index in [4.69, 9.17) is 5.73 Å². The zero-order valence-corrected chi connectivity index (χ0v) is 14.7. The van der Waals surface area contributed by atoms with E-state index in [1.807, 2.05) is 24.3 Å². The molecule has 2 N–H and O–H groups in total. The number of anilines is 2. The molecule has 0 heterocycles. The summed E-state index contributed by atoms with van der Waals surface area (Å²) in [5.41, 5.74) is 9.15. The van der Waals surface area contributed by atoms with Crippen molar-refractivity contribution in [1.82, 2.24) is 4.90 Å². The van der Waals surface area contributed by atoms with E-state index in [2.05, 4.69) is 54.2 Å². The second-order valence-corrected chi connectivity index (χ2v) is 5.24. The summed E-state index contributed by atoms with van der Waals surface area (Å²) >= 11 is 0. The second-order valence-electron chi connectivity index (χ2n) is 5.24. The Bertz CT molecular complexity index is 534. The summed E-state index contributed by atoms with van der Waals surface area (Å²) in [6.07, 6.45) is 0. The van der Waals surface area contributed by atoms with Crippen molar-refractivity contribution in [3.63, 3.8) is 0 Å². The molecule has 0 aliphatic carbocycles. The number of para-hydroxylation sites is 1. The summed E-state index contributed by atoms with van der Waals surface area (Å²) in [7, 11) is 4.27. The number of rotatable bonds is 6. The number of nitrogen functional groups attached to an aromatic ring is 1. The number of likely N-dealkylation sites (N-methyl/N-ethyl adjacent to an activating group) is 2. The zero-order chi connectivity index (χ0) is 14.4. The Balaban J connectivity index is 0.00000220. The first-order valence-corrected chi connectivity index (χ1v) is 6.94. The Morgan fingerprint density at radius 2 is 1.55 bits per heavy atom. The highest BCUT2D eigenvalue weighted by Crippen LogP contribution is 2.11. The summed E-state index contributed by atoms with van der Waals surface area (Å²) in [6, 6.07) is 18.6. The lowest BCUT2D eigenvalue weighted by atomic mass is 10.2. The lowest BCUT2D eigenvalue weighted by Crippen LogP contribution is -2.30. The van der Waals surface area contributed by atoms with Crippen LogP contribution >= 0.6 is 24.8 Å². The van der Waals surface area contributed by atoms with E-state index in [9.17, 15) is 0 Å². The molecule has 0 amide bonds. The molecule has 0 aliphatic rings. The second kappa shape index (κ2) is 10.3. The normalized spacial score (nSPS) is 9.77. The Morgan fingerprint density at radius 1 is 0.864 bits per heavy atom. The summed E-state index contributed by atoms with van der Waals surface area (Å²) in [5.74, 6) is 0. The molecule has 2 aromatic rings. The van der Waals surface area contributed by atoms with E-state index in [-0.39, 0.29) is 24.8 Å².